The fourth-order valence-electron chi connectivity index (χ4n) is 1.28. The lowest BCUT2D eigenvalue weighted by Gasteiger charge is -2.26. The van der Waals surface area contributed by atoms with Gasteiger partial charge in [-0.2, -0.15) is 12.6 Å². The zero-order valence-electron chi connectivity index (χ0n) is 8.85. The lowest BCUT2D eigenvalue weighted by molar-refractivity contribution is -0.147. The molecule has 0 aromatic rings. The van der Waals surface area contributed by atoms with E-state index >= 15 is 0 Å². The topological polar surface area (TPSA) is 29.5 Å². The second kappa shape index (κ2) is 7.70. The Morgan fingerprint density at radius 3 is 2.53 bits per heavy atom. The minimum atomic E-state index is -0.189. The molecule has 1 rings (SSSR count). The first-order valence-corrected chi connectivity index (χ1v) is 7.90. The smallest absolute Gasteiger partial charge is 0.324 e. The highest BCUT2D eigenvalue weighted by molar-refractivity contribution is 8.03. The normalized spacial score (nSPS) is 20.7. The van der Waals surface area contributed by atoms with Gasteiger partial charge in [-0.05, 0) is 6.92 Å². The Labute approximate surface area is 105 Å². The van der Waals surface area contributed by atoms with Gasteiger partial charge in [-0.15, -0.1) is 23.5 Å². The van der Waals surface area contributed by atoms with Gasteiger partial charge < -0.3 is 4.74 Å². The lowest BCUT2D eigenvalue weighted by Crippen LogP contribution is -2.43. The summed E-state index contributed by atoms with van der Waals surface area (Å²) in [5, 5.41) is 0. The van der Waals surface area contributed by atoms with Crippen LogP contribution in [0.5, 0.6) is 0 Å². The van der Waals surface area contributed by atoms with Crippen LogP contribution in [0.25, 0.3) is 0 Å². The van der Waals surface area contributed by atoms with Crippen LogP contribution in [0.2, 0.25) is 0 Å². The Hall–Kier alpha value is 0.480. The van der Waals surface area contributed by atoms with Crippen molar-refractivity contribution in [3.8, 4) is 0 Å². The van der Waals surface area contributed by atoms with Crippen LogP contribution in [0.1, 0.15) is 6.92 Å². The van der Waals surface area contributed by atoms with E-state index in [0.717, 1.165) is 23.3 Å². The predicted molar refractivity (Wildman–Crippen MR) is 70.8 cm³/mol. The van der Waals surface area contributed by atoms with Crippen molar-refractivity contribution in [1.29, 1.82) is 0 Å². The van der Waals surface area contributed by atoms with E-state index in [2.05, 4.69) is 17.5 Å². The van der Waals surface area contributed by atoms with Gasteiger partial charge in [0.05, 0.1) is 6.61 Å². The first kappa shape index (κ1) is 13.5. The van der Waals surface area contributed by atoms with Crippen molar-refractivity contribution >= 4 is 42.1 Å². The minimum Gasteiger partial charge on any atom is -0.465 e. The number of thioether (sulfide) groups is 2. The maximum Gasteiger partial charge on any atom is 0.324 e. The molecule has 0 spiro atoms. The van der Waals surface area contributed by atoms with Crippen LogP contribution in [0, 0.1) is 0 Å². The van der Waals surface area contributed by atoms with Crippen molar-refractivity contribution in [2.24, 2.45) is 0 Å². The van der Waals surface area contributed by atoms with Gasteiger partial charge in [0.1, 0.15) is 6.04 Å². The number of carbonyl (C=O) groups excluding carboxylic acids is 1. The average molecular weight is 267 g/mol. The Kier molecular flexibility index (Phi) is 6.96. The zero-order chi connectivity index (χ0) is 11.1. The van der Waals surface area contributed by atoms with Gasteiger partial charge in [0.25, 0.3) is 0 Å². The molecular weight excluding hydrogens is 250 g/mol. The van der Waals surface area contributed by atoms with Gasteiger partial charge >= 0.3 is 5.97 Å². The number of rotatable bonds is 4. The van der Waals surface area contributed by atoms with Gasteiger partial charge in [-0.1, -0.05) is 0 Å². The van der Waals surface area contributed by atoms with E-state index < -0.39 is 0 Å². The van der Waals surface area contributed by atoms with E-state index in [4.69, 9.17) is 4.74 Å². The maximum absolute atomic E-state index is 11.7. The van der Waals surface area contributed by atoms with Crippen LogP contribution < -0.4 is 0 Å². The summed E-state index contributed by atoms with van der Waals surface area (Å²) in [4.78, 5) is 13.8. The molecule has 0 radical (unpaired) electrons. The Balaban J connectivity index is 2.51. The molecule has 3 nitrogen and oxygen atoms in total. The van der Waals surface area contributed by atoms with Crippen LogP contribution in [0.3, 0.4) is 0 Å². The first-order chi connectivity index (χ1) is 7.29. The first-order valence-electron chi connectivity index (χ1n) is 4.96. The molecule has 1 saturated heterocycles. The maximum atomic E-state index is 11.7. The summed E-state index contributed by atoms with van der Waals surface area (Å²) >= 11 is 7.96. The molecular formula is C9H17NO2S3. The molecule has 88 valence electrons. The number of hydrogen-bond donors (Lipinski definition) is 1. The lowest BCUT2D eigenvalue weighted by atomic mass is 10.3. The van der Waals surface area contributed by atoms with E-state index in [9.17, 15) is 4.79 Å². The van der Waals surface area contributed by atoms with Gasteiger partial charge in [0.15, 0.2) is 0 Å². The molecule has 15 heavy (non-hydrogen) atoms. The Bertz CT molecular complexity index is 196. The molecule has 1 fully saturated rings. The van der Waals surface area contributed by atoms with Gasteiger partial charge in [0.2, 0.25) is 0 Å². The molecule has 1 heterocycles. The SMILES string of the molecule is CCOC(=O)C(CS)N1CSCCSC1. The fraction of sp³-hybridized carbons (Fsp3) is 0.889. The highest BCUT2D eigenvalue weighted by Gasteiger charge is 2.26. The summed E-state index contributed by atoms with van der Waals surface area (Å²) in [6.07, 6.45) is 0. The summed E-state index contributed by atoms with van der Waals surface area (Å²) < 4.78 is 5.04. The zero-order valence-corrected chi connectivity index (χ0v) is 11.4. The average Bonchev–Trinajstić information content (AvgIpc) is 2.48. The molecule has 6 heteroatoms. The third kappa shape index (κ3) is 4.46. The molecule has 0 amide bonds. The highest BCUT2D eigenvalue weighted by atomic mass is 32.2. The van der Waals surface area contributed by atoms with Crippen LogP contribution in [-0.2, 0) is 9.53 Å². The number of thiol groups is 1. The van der Waals surface area contributed by atoms with E-state index in [-0.39, 0.29) is 12.0 Å². The third-order valence-electron chi connectivity index (χ3n) is 2.06. The van der Waals surface area contributed by atoms with Gasteiger partial charge in [-0.3, -0.25) is 9.69 Å². The standard InChI is InChI=1S/C9H17NO2S3/c1-2-12-9(11)8(5-13)10-6-14-3-4-15-7-10/h8,13H,2-7H2,1H3. The van der Waals surface area contributed by atoms with Crippen LogP contribution in [0.15, 0.2) is 0 Å². The second-order valence-corrected chi connectivity index (χ2v) is 5.63. The molecule has 0 aromatic carbocycles. The summed E-state index contributed by atoms with van der Waals surface area (Å²) in [6.45, 7) is 2.27. The van der Waals surface area contributed by atoms with E-state index in [1.54, 1.807) is 0 Å². The van der Waals surface area contributed by atoms with Crippen LogP contribution in [0.4, 0.5) is 0 Å². The number of hydrogen-bond acceptors (Lipinski definition) is 6. The molecule has 0 aliphatic carbocycles. The quantitative estimate of drug-likeness (QED) is 0.616. The molecule has 1 aliphatic rings. The molecule has 1 aliphatic heterocycles. The second-order valence-electron chi connectivity index (χ2n) is 3.11. The van der Waals surface area contributed by atoms with Crippen molar-refractivity contribution in [3.05, 3.63) is 0 Å². The van der Waals surface area contributed by atoms with Crippen LogP contribution in [-0.4, -0.2) is 52.5 Å². The molecule has 0 aromatic heterocycles. The number of esters is 1. The summed E-state index contributed by atoms with van der Waals surface area (Å²) in [5.41, 5.74) is 0. The van der Waals surface area contributed by atoms with Crippen LogP contribution >= 0.6 is 36.2 Å². The number of ether oxygens (including phenoxy) is 1. The molecule has 0 bridgehead atoms. The number of carbonyl (C=O) groups is 1. The summed E-state index contributed by atoms with van der Waals surface area (Å²) in [5.74, 6) is 4.50. The molecule has 1 unspecified atom stereocenters. The third-order valence-corrected chi connectivity index (χ3v) is 4.68. The van der Waals surface area contributed by atoms with Crippen molar-refractivity contribution in [3.63, 3.8) is 0 Å². The van der Waals surface area contributed by atoms with Gasteiger partial charge in [0, 0.05) is 29.0 Å². The highest BCUT2D eigenvalue weighted by Crippen LogP contribution is 2.20. The van der Waals surface area contributed by atoms with Crippen molar-refractivity contribution in [1.82, 2.24) is 4.90 Å². The van der Waals surface area contributed by atoms with E-state index in [1.807, 2.05) is 30.4 Å². The van der Waals surface area contributed by atoms with Crippen molar-refractivity contribution in [2.75, 3.05) is 35.6 Å². The van der Waals surface area contributed by atoms with Gasteiger partial charge in [-0.25, -0.2) is 0 Å². The largest absolute Gasteiger partial charge is 0.465 e. The van der Waals surface area contributed by atoms with Crippen molar-refractivity contribution < 1.29 is 9.53 Å². The molecule has 0 saturated carbocycles. The van der Waals surface area contributed by atoms with E-state index in [1.165, 1.54) is 0 Å². The summed E-state index contributed by atoms with van der Waals surface area (Å²) in [6, 6.07) is -0.189. The Morgan fingerprint density at radius 2 is 2.07 bits per heavy atom. The number of nitrogens with zero attached hydrogens (tertiary/aromatic N) is 1. The summed E-state index contributed by atoms with van der Waals surface area (Å²) in [7, 11) is 0. The fourth-order valence-corrected chi connectivity index (χ4v) is 3.98. The Morgan fingerprint density at radius 1 is 1.47 bits per heavy atom. The monoisotopic (exact) mass is 267 g/mol. The minimum absolute atomic E-state index is 0.143. The molecule has 1 atom stereocenters. The van der Waals surface area contributed by atoms with Crippen molar-refractivity contribution in [2.45, 2.75) is 13.0 Å². The molecule has 0 N–H and O–H groups in total. The predicted octanol–water partition coefficient (Wildman–Crippen LogP) is 1.54. The van der Waals surface area contributed by atoms with E-state index in [0.29, 0.717) is 12.4 Å².